The second-order valence-electron chi connectivity index (χ2n) is 5.18. The van der Waals surface area contributed by atoms with Gasteiger partial charge in [-0.1, -0.05) is 18.2 Å². The Labute approximate surface area is 144 Å². The summed E-state index contributed by atoms with van der Waals surface area (Å²) >= 11 is 1.40. The number of fused-ring (bicyclic) bond motifs is 1. The predicted octanol–water partition coefficient (Wildman–Crippen LogP) is 3.25. The molecule has 1 amide bonds. The fraction of sp³-hybridized carbons (Fsp3) is 0.222. The van der Waals surface area contributed by atoms with Gasteiger partial charge in [-0.05, 0) is 29.8 Å². The van der Waals surface area contributed by atoms with Gasteiger partial charge in [0.2, 0.25) is 0 Å². The highest BCUT2D eigenvalue weighted by Gasteiger charge is 2.10. The monoisotopic (exact) mass is 342 g/mol. The fourth-order valence-electron chi connectivity index (χ4n) is 2.24. The molecule has 3 aromatic rings. The van der Waals surface area contributed by atoms with Gasteiger partial charge in [-0.2, -0.15) is 0 Å². The van der Waals surface area contributed by atoms with E-state index in [1.165, 1.54) is 11.3 Å². The normalized spacial score (nSPS) is 10.7. The lowest BCUT2D eigenvalue weighted by molar-refractivity contribution is 0.0955. The Bertz CT molecular complexity index is 799. The number of rotatable bonds is 7. The molecule has 0 aliphatic rings. The van der Waals surface area contributed by atoms with E-state index in [0.717, 1.165) is 21.5 Å². The van der Waals surface area contributed by atoms with Crippen LogP contribution in [0.3, 0.4) is 0 Å². The van der Waals surface area contributed by atoms with Gasteiger partial charge in [-0.25, -0.2) is 4.98 Å². The van der Waals surface area contributed by atoms with Crippen LogP contribution in [-0.2, 0) is 11.3 Å². The summed E-state index contributed by atoms with van der Waals surface area (Å²) in [6, 6.07) is 13.4. The van der Waals surface area contributed by atoms with Crippen LogP contribution < -0.4 is 10.1 Å². The van der Waals surface area contributed by atoms with Crippen molar-refractivity contribution in [1.29, 1.82) is 0 Å². The molecule has 0 unspecified atom stereocenters. The van der Waals surface area contributed by atoms with E-state index in [1.807, 2.05) is 42.5 Å². The number of carbonyl (C=O) groups is 1. The maximum Gasteiger partial charge on any atom is 0.261 e. The highest BCUT2D eigenvalue weighted by atomic mass is 32.1. The summed E-state index contributed by atoms with van der Waals surface area (Å²) in [5.41, 5.74) is 0.984. The average molecular weight is 342 g/mol. The second kappa shape index (κ2) is 7.90. The Morgan fingerprint density at radius 3 is 2.96 bits per heavy atom. The van der Waals surface area contributed by atoms with E-state index in [0.29, 0.717) is 24.6 Å². The quantitative estimate of drug-likeness (QED) is 0.670. The molecule has 0 radical (unpaired) electrons. The molecule has 0 spiro atoms. The van der Waals surface area contributed by atoms with E-state index in [2.05, 4.69) is 10.3 Å². The summed E-state index contributed by atoms with van der Waals surface area (Å²) in [6.45, 7) is 1.49. The molecule has 0 fully saturated rings. The van der Waals surface area contributed by atoms with Crippen molar-refractivity contribution in [2.24, 2.45) is 0 Å². The van der Waals surface area contributed by atoms with Gasteiger partial charge in [0.15, 0.2) is 0 Å². The maximum atomic E-state index is 12.3. The molecule has 2 aromatic heterocycles. The number of hydrogen-bond acceptors (Lipinski definition) is 5. The van der Waals surface area contributed by atoms with E-state index in [4.69, 9.17) is 9.47 Å². The first kappa shape index (κ1) is 16.4. The number of amides is 1. The molecule has 1 aromatic carbocycles. The van der Waals surface area contributed by atoms with Crippen molar-refractivity contribution in [3.63, 3.8) is 0 Å². The van der Waals surface area contributed by atoms with Crippen LogP contribution in [0.1, 0.15) is 15.2 Å². The lowest BCUT2D eigenvalue weighted by Crippen LogP contribution is -2.21. The molecule has 0 aliphatic heterocycles. The van der Waals surface area contributed by atoms with Crippen LogP contribution in [-0.4, -0.2) is 31.2 Å². The minimum absolute atomic E-state index is 0.0938. The Morgan fingerprint density at radius 1 is 1.21 bits per heavy atom. The smallest absolute Gasteiger partial charge is 0.261 e. The number of benzene rings is 1. The molecule has 0 saturated carbocycles. The number of pyridine rings is 1. The Kier molecular flexibility index (Phi) is 5.40. The largest absolute Gasteiger partial charge is 0.491 e. The van der Waals surface area contributed by atoms with Crippen LogP contribution in [0.2, 0.25) is 0 Å². The Balaban J connectivity index is 1.60. The molecule has 124 valence electrons. The van der Waals surface area contributed by atoms with E-state index in [9.17, 15) is 4.79 Å². The lowest BCUT2D eigenvalue weighted by Gasteiger charge is -2.08. The summed E-state index contributed by atoms with van der Waals surface area (Å²) in [5.74, 6) is 0.675. The van der Waals surface area contributed by atoms with Crippen molar-refractivity contribution in [2.45, 2.75) is 6.54 Å². The third kappa shape index (κ3) is 4.10. The first-order chi connectivity index (χ1) is 11.8. The number of ether oxygens (including phenoxy) is 2. The summed E-state index contributed by atoms with van der Waals surface area (Å²) in [6.07, 6.45) is 1.73. The van der Waals surface area contributed by atoms with Crippen molar-refractivity contribution >= 4 is 27.5 Å². The standard InChI is InChI=1S/C18H18N2O3S/c1-22-8-9-23-15-6-2-4-13(10-15)12-20-17(21)16-11-14-5-3-7-19-18(14)24-16/h2-7,10-11H,8-9,12H2,1H3,(H,20,21). The van der Waals surface area contributed by atoms with Gasteiger partial charge in [0.1, 0.15) is 17.2 Å². The maximum absolute atomic E-state index is 12.3. The zero-order valence-corrected chi connectivity index (χ0v) is 14.1. The van der Waals surface area contributed by atoms with Gasteiger partial charge in [0.25, 0.3) is 5.91 Å². The molecule has 0 atom stereocenters. The first-order valence-electron chi connectivity index (χ1n) is 7.60. The third-order valence-electron chi connectivity index (χ3n) is 3.43. The van der Waals surface area contributed by atoms with Crippen LogP contribution >= 0.6 is 11.3 Å². The number of nitrogens with one attached hydrogen (secondary N) is 1. The fourth-order valence-corrected chi connectivity index (χ4v) is 3.16. The minimum atomic E-state index is -0.0938. The van der Waals surface area contributed by atoms with Crippen molar-refractivity contribution < 1.29 is 14.3 Å². The Morgan fingerprint density at radius 2 is 2.12 bits per heavy atom. The van der Waals surface area contributed by atoms with E-state index < -0.39 is 0 Å². The first-order valence-corrected chi connectivity index (χ1v) is 8.41. The van der Waals surface area contributed by atoms with Crippen molar-refractivity contribution in [3.8, 4) is 5.75 Å². The van der Waals surface area contributed by atoms with Crippen molar-refractivity contribution in [1.82, 2.24) is 10.3 Å². The molecule has 2 heterocycles. The van der Waals surface area contributed by atoms with E-state index in [1.54, 1.807) is 13.3 Å². The molecule has 0 aliphatic carbocycles. The highest BCUT2D eigenvalue weighted by molar-refractivity contribution is 7.20. The van der Waals surface area contributed by atoms with Crippen LogP contribution in [0.25, 0.3) is 10.2 Å². The number of aromatic nitrogens is 1. The summed E-state index contributed by atoms with van der Waals surface area (Å²) < 4.78 is 10.5. The van der Waals surface area contributed by atoms with Crippen molar-refractivity contribution in [3.05, 3.63) is 59.1 Å². The predicted molar refractivity (Wildman–Crippen MR) is 94.6 cm³/mol. The zero-order valence-electron chi connectivity index (χ0n) is 13.3. The molecule has 5 nitrogen and oxygen atoms in total. The van der Waals surface area contributed by atoms with Gasteiger partial charge < -0.3 is 14.8 Å². The SMILES string of the molecule is COCCOc1cccc(CNC(=O)c2cc3cccnc3s2)c1. The molecule has 0 bridgehead atoms. The van der Waals surface area contributed by atoms with Gasteiger partial charge in [0.05, 0.1) is 11.5 Å². The number of methoxy groups -OCH3 is 1. The third-order valence-corrected chi connectivity index (χ3v) is 4.48. The number of hydrogen-bond donors (Lipinski definition) is 1. The topological polar surface area (TPSA) is 60.5 Å². The summed E-state index contributed by atoms with van der Waals surface area (Å²) in [7, 11) is 1.64. The van der Waals surface area contributed by atoms with Crippen LogP contribution in [0.4, 0.5) is 0 Å². The zero-order chi connectivity index (χ0) is 16.8. The van der Waals surface area contributed by atoms with E-state index in [-0.39, 0.29) is 5.91 Å². The molecule has 6 heteroatoms. The average Bonchev–Trinajstić information content (AvgIpc) is 3.04. The lowest BCUT2D eigenvalue weighted by atomic mass is 10.2. The van der Waals surface area contributed by atoms with Crippen LogP contribution in [0, 0.1) is 0 Å². The highest BCUT2D eigenvalue weighted by Crippen LogP contribution is 2.23. The molecule has 1 N–H and O–H groups in total. The molecular formula is C18H18N2O3S. The van der Waals surface area contributed by atoms with Crippen LogP contribution in [0.15, 0.2) is 48.7 Å². The molecule has 3 rings (SSSR count). The van der Waals surface area contributed by atoms with Crippen LogP contribution in [0.5, 0.6) is 5.75 Å². The minimum Gasteiger partial charge on any atom is -0.491 e. The number of thiophene rings is 1. The van der Waals surface area contributed by atoms with Gasteiger partial charge >= 0.3 is 0 Å². The molecule has 0 saturated heterocycles. The summed E-state index contributed by atoms with van der Waals surface area (Å²) in [4.78, 5) is 18.1. The second-order valence-corrected chi connectivity index (χ2v) is 6.21. The summed E-state index contributed by atoms with van der Waals surface area (Å²) in [5, 5.41) is 3.92. The van der Waals surface area contributed by atoms with Gasteiger partial charge in [0, 0.05) is 25.2 Å². The van der Waals surface area contributed by atoms with Gasteiger partial charge in [-0.3, -0.25) is 4.79 Å². The molecule has 24 heavy (non-hydrogen) atoms. The van der Waals surface area contributed by atoms with Crippen molar-refractivity contribution in [2.75, 3.05) is 20.3 Å². The molecular weight excluding hydrogens is 324 g/mol. The number of carbonyl (C=O) groups excluding carboxylic acids is 1. The Hall–Kier alpha value is -2.44. The van der Waals surface area contributed by atoms with E-state index >= 15 is 0 Å². The number of nitrogens with zero attached hydrogens (tertiary/aromatic N) is 1. The van der Waals surface area contributed by atoms with Gasteiger partial charge in [-0.15, -0.1) is 11.3 Å².